The number of amides is 1. The Kier molecular flexibility index (Phi) is 4.36. The Bertz CT molecular complexity index is 911. The van der Waals surface area contributed by atoms with Crippen LogP contribution in [0.1, 0.15) is 33.7 Å². The highest BCUT2D eigenvalue weighted by molar-refractivity contribution is 6.12. The number of nitrogens with zero attached hydrogens (tertiary/aromatic N) is 3. The molecule has 0 radical (unpaired) electrons. The predicted octanol–water partition coefficient (Wildman–Crippen LogP) is 1.88. The maximum absolute atomic E-state index is 14.4. The number of carbonyl (C=O) groups excluding carboxylic acids is 2. The van der Waals surface area contributed by atoms with E-state index < -0.39 is 23.4 Å². The van der Waals surface area contributed by atoms with E-state index in [-0.39, 0.29) is 11.4 Å². The third-order valence-corrected chi connectivity index (χ3v) is 4.39. The van der Waals surface area contributed by atoms with Crippen LogP contribution in [0, 0.1) is 30.0 Å². The number of ketones is 1. The Morgan fingerprint density at radius 3 is 2.80 bits per heavy atom. The first-order chi connectivity index (χ1) is 12.0. The minimum absolute atomic E-state index is 0.0858. The Morgan fingerprint density at radius 1 is 1.40 bits per heavy atom. The van der Waals surface area contributed by atoms with Crippen molar-refractivity contribution in [2.24, 2.45) is 5.92 Å². The number of hydrogen-bond donors (Lipinski definition) is 1. The lowest BCUT2D eigenvalue weighted by Crippen LogP contribution is -2.32. The van der Waals surface area contributed by atoms with Gasteiger partial charge in [-0.15, -0.1) is 0 Å². The molecule has 0 spiro atoms. The Morgan fingerprint density at radius 2 is 2.16 bits per heavy atom. The number of nitrogens with one attached hydrogen (secondary N) is 1. The molecule has 3 rings (SSSR count). The van der Waals surface area contributed by atoms with Gasteiger partial charge < -0.3 is 5.32 Å². The number of benzene rings is 1. The van der Waals surface area contributed by atoms with Crippen LogP contribution in [0.5, 0.6) is 0 Å². The highest BCUT2D eigenvalue weighted by Crippen LogP contribution is 2.30. The molecule has 25 heavy (non-hydrogen) atoms. The standard InChI is InChI=1S/C18H17FN4O2/c1-10-6-7-15(13(19)8-10)23-14-5-3-4-11(14)16(22-23)17(24)12(9-20)18(25)21-2/h6-8,12H,3-5H2,1-2H3,(H,21,25)/t12-/m0/s1. The molecule has 1 amide bonds. The van der Waals surface area contributed by atoms with Crippen molar-refractivity contribution in [1.82, 2.24) is 15.1 Å². The summed E-state index contributed by atoms with van der Waals surface area (Å²) in [7, 11) is 1.37. The SMILES string of the molecule is CNC(=O)[C@@H](C#N)C(=O)c1nn(-c2ccc(C)cc2F)c2c1CCC2. The van der Waals surface area contributed by atoms with Gasteiger partial charge in [0.15, 0.2) is 5.92 Å². The second-order valence-corrected chi connectivity index (χ2v) is 6.03. The maximum Gasteiger partial charge on any atom is 0.245 e. The summed E-state index contributed by atoms with van der Waals surface area (Å²) in [5.41, 5.74) is 2.60. The van der Waals surface area contributed by atoms with E-state index in [1.807, 2.05) is 0 Å². The summed E-state index contributed by atoms with van der Waals surface area (Å²) < 4.78 is 15.8. The number of fused-ring (bicyclic) bond motifs is 1. The Labute approximate surface area is 144 Å². The quantitative estimate of drug-likeness (QED) is 0.680. The van der Waals surface area contributed by atoms with Crippen molar-refractivity contribution >= 4 is 11.7 Å². The van der Waals surface area contributed by atoms with E-state index >= 15 is 0 Å². The van der Waals surface area contributed by atoms with E-state index in [0.29, 0.717) is 18.4 Å². The molecule has 1 aliphatic carbocycles. The summed E-state index contributed by atoms with van der Waals surface area (Å²) in [5.74, 6) is -3.21. The summed E-state index contributed by atoms with van der Waals surface area (Å²) >= 11 is 0. The number of aryl methyl sites for hydroxylation is 1. The molecule has 1 aromatic carbocycles. The van der Waals surface area contributed by atoms with Crippen molar-refractivity contribution < 1.29 is 14.0 Å². The number of hydrogen-bond acceptors (Lipinski definition) is 4. The topological polar surface area (TPSA) is 87.8 Å². The second-order valence-electron chi connectivity index (χ2n) is 6.03. The molecule has 0 bridgehead atoms. The predicted molar refractivity (Wildman–Crippen MR) is 87.8 cm³/mol. The summed E-state index contributed by atoms with van der Waals surface area (Å²) in [6.07, 6.45) is 2.11. The molecular weight excluding hydrogens is 323 g/mol. The van der Waals surface area contributed by atoms with Gasteiger partial charge in [0, 0.05) is 18.3 Å². The molecule has 6 nitrogen and oxygen atoms in total. The largest absolute Gasteiger partial charge is 0.358 e. The molecule has 1 aromatic heterocycles. The molecule has 1 atom stereocenters. The fraction of sp³-hybridized carbons (Fsp3) is 0.333. The summed E-state index contributed by atoms with van der Waals surface area (Å²) in [6.45, 7) is 1.79. The third-order valence-electron chi connectivity index (χ3n) is 4.39. The van der Waals surface area contributed by atoms with Crippen molar-refractivity contribution in [3.63, 3.8) is 0 Å². The van der Waals surface area contributed by atoms with Gasteiger partial charge in [0.05, 0.1) is 6.07 Å². The van der Waals surface area contributed by atoms with Crippen LogP contribution in [0.3, 0.4) is 0 Å². The van der Waals surface area contributed by atoms with Crippen LogP contribution in [0.2, 0.25) is 0 Å². The van der Waals surface area contributed by atoms with Gasteiger partial charge in [-0.05, 0) is 43.9 Å². The first-order valence-electron chi connectivity index (χ1n) is 8.00. The molecule has 0 saturated heterocycles. The molecule has 128 valence electrons. The number of nitriles is 1. The summed E-state index contributed by atoms with van der Waals surface area (Å²) in [6, 6.07) is 6.52. The van der Waals surface area contributed by atoms with E-state index in [1.165, 1.54) is 17.8 Å². The zero-order valence-electron chi connectivity index (χ0n) is 14.0. The highest BCUT2D eigenvalue weighted by atomic mass is 19.1. The summed E-state index contributed by atoms with van der Waals surface area (Å²) in [5, 5.41) is 15.8. The molecule has 1 N–H and O–H groups in total. The average Bonchev–Trinajstić information content (AvgIpc) is 3.18. The van der Waals surface area contributed by atoms with Crippen LogP contribution in [-0.4, -0.2) is 28.5 Å². The molecule has 1 heterocycles. The lowest BCUT2D eigenvalue weighted by atomic mass is 9.99. The number of Topliss-reactive ketones (excluding diaryl/α,β-unsaturated/α-hetero) is 1. The zero-order valence-corrected chi connectivity index (χ0v) is 14.0. The highest BCUT2D eigenvalue weighted by Gasteiger charge is 2.34. The van der Waals surface area contributed by atoms with E-state index in [9.17, 15) is 19.2 Å². The Hall–Kier alpha value is -3.01. The molecular formula is C18H17FN4O2. The summed E-state index contributed by atoms with van der Waals surface area (Å²) in [4.78, 5) is 24.4. The van der Waals surface area contributed by atoms with Crippen LogP contribution < -0.4 is 5.32 Å². The minimum atomic E-state index is -1.46. The van der Waals surface area contributed by atoms with Crippen molar-refractivity contribution in [2.45, 2.75) is 26.2 Å². The fourth-order valence-electron chi connectivity index (χ4n) is 3.14. The van der Waals surface area contributed by atoms with Gasteiger partial charge in [0.25, 0.3) is 0 Å². The molecule has 2 aromatic rings. The average molecular weight is 340 g/mol. The van der Waals surface area contributed by atoms with Crippen LogP contribution in [0.25, 0.3) is 5.69 Å². The van der Waals surface area contributed by atoms with Crippen molar-refractivity contribution in [2.75, 3.05) is 7.05 Å². The van der Waals surface area contributed by atoms with Crippen LogP contribution in [0.4, 0.5) is 4.39 Å². The number of aromatic nitrogens is 2. The molecule has 7 heteroatoms. The van der Waals surface area contributed by atoms with Crippen LogP contribution >= 0.6 is 0 Å². The number of rotatable bonds is 4. The van der Waals surface area contributed by atoms with Crippen molar-refractivity contribution in [1.29, 1.82) is 5.26 Å². The lowest BCUT2D eigenvalue weighted by Gasteiger charge is -2.08. The second kappa shape index (κ2) is 6.48. The van der Waals surface area contributed by atoms with Gasteiger partial charge in [-0.3, -0.25) is 9.59 Å². The van der Waals surface area contributed by atoms with E-state index in [4.69, 9.17) is 0 Å². The molecule has 0 saturated carbocycles. The third kappa shape index (κ3) is 2.80. The Balaban J connectivity index is 2.11. The van der Waals surface area contributed by atoms with Gasteiger partial charge in [0.1, 0.15) is 17.2 Å². The van der Waals surface area contributed by atoms with Gasteiger partial charge in [-0.1, -0.05) is 6.07 Å². The van der Waals surface area contributed by atoms with Gasteiger partial charge >= 0.3 is 0 Å². The van der Waals surface area contributed by atoms with E-state index in [1.54, 1.807) is 25.1 Å². The zero-order chi connectivity index (χ0) is 18.1. The molecule has 0 aliphatic heterocycles. The smallest absolute Gasteiger partial charge is 0.245 e. The fourth-order valence-corrected chi connectivity index (χ4v) is 3.14. The van der Waals surface area contributed by atoms with Crippen molar-refractivity contribution in [3.05, 3.63) is 46.5 Å². The van der Waals surface area contributed by atoms with Gasteiger partial charge in [-0.25, -0.2) is 9.07 Å². The maximum atomic E-state index is 14.4. The van der Waals surface area contributed by atoms with Crippen LogP contribution in [0.15, 0.2) is 18.2 Å². The minimum Gasteiger partial charge on any atom is -0.358 e. The molecule has 0 fully saturated rings. The number of carbonyl (C=O) groups is 2. The van der Waals surface area contributed by atoms with Gasteiger partial charge in [0.2, 0.25) is 11.7 Å². The van der Waals surface area contributed by atoms with E-state index in [2.05, 4.69) is 10.4 Å². The van der Waals surface area contributed by atoms with Crippen molar-refractivity contribution in [3.8, 4) is 11.8 Å². The van der Waals surface area contributed by atoms with E-state index in [0.717, 1.165) is 17.7 Å². The van der Waals surface area contributed by atoms with Gasteiger partial charge in [-0.2, -0.15) is 10.4 Å². The first-order valence-corrected chi connectivity index (χ1v) is 8.00. The first kappa shape index (κ1) is 16.8. The normalized spacial score (nSPS) is 13.8. The van der Waals surface area contributed by atoms with Crippen LogP contribution in [-0.2, 0) is 17.6 Å². The molecule has 1 aliphatic rings. The molecule has 0 unspecified atom stereocenters. The number of halogens is 1. The monoisotopic (exact) mass is 340 g/mol. The lowest BCUT2D eigenvalue weighted by molar-refractivity contribution is -0.121.